The molecule has 18 rings (SSSR count). The number of aryl methyl sites for hydroxylation is 2. The number of fused-ring (bicyclic) bond motifs is 12. The molecule has 3 saturated heterocycles. The van der Waals surface area contributed by atoms with E-state index in [4.69, 9.17) is 27.1 Å². The van der Waals surface area contributed by atoms with Gasteiger partial charge in [0.05, 0.1) is 42.6 Å². The van der Waals surface area contributed by atoms with Crippen molar-refractivity contribution in [3.63, 3.8) is 0 Å². The van der Waals surface area contributed by atoms with Crippen molar-refractivity contribution in [3.8, 4) is 33.4 Å². The summed E-state index contributed by atoms with van der Waals surface area (Å²) in [7, 11) is 0. The topological polar surface area (TPSA) is 132 Å². The quantitative estimate of drug-likeness (QED) is 0.157. The number of anilines is 3. The van der Waals surface area contributed by atoms with Crippen LogP contribution in [0.1, 0.15) is 42.5 Å². The van der Waals surface area contributed by atoms with Crippen LogP contribution in [0.4, 0.5) is 17.7 Å². The minimum absolute atomic E-state index is 0.00421. The Kier molecular flexibility index (Phi) is 14.9. The van der Waals surface area contributed by atoms with Crippen molar-refractivity contribution in [2.24, 2.45) is 0 Å². The molecule has 14 heteroatoms. The van der Waals surface area contributed by atoms with E-state index < -0.39 is 0 Å². The highest BCUT2D eigenvalue weighted by Gasteiger charge is 2.25. The molecule has 8 aromatic carbocycles. The van der Waals surface area contributed by atoms with Crippen molar-refractivity contribution in [2.45, 2.75) is 44.9 Å². The summed E-state index contributed by atoms with van der Waals surface area (Å²) in [6.07, 6.45) is 8.39. The maximum atomic E-state index is 12.9. The highest BCUT2D eigenvalue weighted by atomic mass is 32.1. The van der Waals surface area contributed by atoms with E-state index in [1.54, 1.807) is 29.5 Å². The lowest BCUT2D eigenvalue weighted by atomic mass is 9.94. The Hall–Kier alpha value is -9.31. The summed E-state index contributed by atoms with van der Waals surface area (Å²) >= 11 is 3.70. The van der Waals surface area contributed by atoms with E-state index in [9.17, 15) is 14.4 Å². The summed E-state index contributed by atoms with van der Waals surface area (Å²) in [5.74, 6) is 1.92. The first-order chi connectivity index (χ1) is 44.4. The highest BCUT2D eigenvalue weighted by molar-refractivity contribution is 7.26. The van der Waals surface area contributed by atoms with Gasteiger partial charge in [0.25, 0.3) is 0 Å². The van der Waals surface area contributed by atoms with Crippen LogP contribution in [-0.4, -0.2) is 65.7 Å². The third-order valence-electron chi connectivity index (χ3n) is 18.2. The van der Waals surface area contributed by atoms with Gasteiger partial charge >= 0.3 is 0 Å². The summed E-state index contributed by atoms with van der Waals surface area (Å²) in [6, 6.07) is 58.0. The van der Waals surface area contributed by atoms with E-state index in [-0.39, 0.29) is 16.3 Å². The second kappa shape index (κ2) is 23.9. The van der Waals surface area contributed by atoms with Gasteiger partial charge in [0, 0.05) is 131 Å². The van der Waals surface area contributed by atoms with Crippen molar-refractivity contribution in [1.82, 2.24) is 0 Å². The molecule has 12 nitrogen and oxygen atoms in total. The van der Waals surface area contributed by atoms with E-state index in [2.05, 4.69) is 93.6 Å². The molecule has 3 fully saturated rings. The van der Waals surface area contributed by atoms with Crippen molar-refractivity contribution >= 4 is 125 Å². The number of morpholine rings is 2. The van der Waals surface area contributed by atoms with Crippen LogP contribution < -0.4 is 31.0 Å². The predicted octanol–water partition coefficient (Wildman–Crippen LogP) is 17.4. The number of piperidine rings is 1. The minimum atomic E-state index is -0.0110. The first kappa shape index (κ1) is 56.0. The molecule has 0 radical (unpaired) electrons. The number of para-hydroxylation sites is 5. The maximum absolute atomic E-state index is 12.9. The van der Waals surface area contributed by atoms with Crippen LogP contribution >= 0.6 is 22.7 Å². The zero-order valence-corrected chi connectivity index (χ0v) is 51.2. The molecule has 9 heterocycles. The molecular formula is C76H63N3O9S2. The molecule has 0 unspecified atom stereocenters. The van der Waals surface area contributed by atoms with E-state index in [0.717, 1.165) is 102 Å². The fourth-order valence-corrected chi connectivity index (χ4v) is 16.3. The van der Waals surface area contributed by atoms with Crippen molar-refractivity contribution in [3.05, 3.63) is 217 Å². The molecule has 0 N–H and O–H groups in total. The Morgan fingerprint density at radius 2 is 0.733 bits per heavy atom. The summed E-state index contributed by atoms with van der Waals surface area (Å²) in [4.78, 5) is 46.7. The van der Waals surface area contributed by atoms with Crippen LogP contribution in [0, 0.1) is 0 Å². The van der Waals surface area contributed by atoms with Crippen LogP contribution in [0.15, 0.2) is 208 Å². The molecule has 90 heavy (non-hydrogen) atoms. The molecule has 0 spiro atoms. The fourth-order valence-electron chi connectivity index (χ4n) is 13.7. The summed E-state index contributed by atoms with van der Waals surface area (Å²) < 4.78 is 40.1. The average Bonchev–Trinajstić information content (AvgIpc) is 1.63. The second-order valence-corrected chi connectivity index (χ2v) is 25.8. The average molecular weight is 1230 g/mol. The third-order valence-corrected chi connectivity index (χ3v) is 20.8. The van der Waals surface area contributed by atoms with Crippen molar-refractivity contribution < 1.29 is 27.1 Å². The smallest absolute Gasteiger partial charge is 0.200 e. The molecule has 0 bridgehead atoms. The molecule has 0 saturated carbocycles. The van der Waals surface area contributed by atoms with Gasteiger partial charge in [0.15, 0.2) is 33.9 Å². The van der Waals surface area contributed by atoms with Gasteiger partial charge in [-0.1, -0.05) is 127 Å². The van der Waals surface area contributed by atoms with Gasteiger partial charge in [-0.3, -0.25) is 14.4 Å². The van der Waals surface area contributed by atoms with Gasteiger partial charge in [0.2, 0.25) is 0 Å². The number of hydrogen-bond donors (Lipinski definition) is 0. The Bertz CT molecular complexity index is 5040. The first-order valence-electron chi connectivity index (χ1n) is 31.3. The Balaban J connectivity index is 0.000000108. The molecule has 0 amide bonds. The van der Waals surface area contributed by atoms with Crippen LogP contribution in [-0.2, 0) is 22.3 Å². The Morgan fingerprint density at radius 1 is 0.322 bits per heavy atom. The van der Waals surface area contributed by atoms with Crippen LogP contribution in [0.2, 0.25) is 0 Å². The van der Waals surface area contributed by atoms with Crippen molar-refractivity contribution in [2.75, 3.05) is 80.4 Å². The number of benzene rings is 8. The zero-order valence-electron chi connectivity index (χ0n) is 49.6. The van der Waals surface area contributed by atoms with Gasteiger partial charge in [-0.2, -0.15) is 0 Å². The minimum Gasteiger partial charge on any atom is -0.455 e. The van der Waals surface area contributed by atoms with Crippen molar-refractivity contribution in [1.29, 1.82) is 0 Å². The van der Waals surface area contributed by atoms with Gasteiger partial charge in [0.1, 0.15) is 27.9 Å². The Morgan fingerprint density at radius 3 is 1.29 bits per heavy atom. The maximum Gasteiger partial charge on any atom is 0.200 e. The Labute approximate surface area is 525 Å². The highest BCUT2D eigenvalue weighted by Crippen LogP contribution is 2.45. The normalized spacial score (nSPS) is 15.4. The number of rotatable bonds is 6. The van der Waals surface area contributed by atoms with E-state index in [1.165, 1.54) is 78.4 Å². The van der Waals surface area contributed by atoms with Gasteiger partial charge in [-0.25, -0.2) is 0 Å². The van der Waals surface area contributed by atoms with Crippen LogP contribution in [0.25, 0.3) is 118 Å². The molecule has 1 aliphatic carbocycles. The number of furan rings is 1. The first-order valence-corrected chi connectivity index (χ1v) is 33.0. The number of thiophene rings is 2. The van der Waals surface area contributed by atoms with Gasteiger partial charge in [-0.15, -0.1) is 22.7 Å². The monoisotopic (exact) mass is 1230 g/mol. The molecule has 4 aliphatic rings. The SMILES string of the molecule is O=c1cc(N2CCCCC2)oc2c(-c3cccc4c3oc3ccccc34)cccc12.O=c1cc(N2CCOCC2)oc2c(-c3cccc4c3sc3ccccc34)cccc12.O=c1cc(N2CCOCC2)oc2c(-c3cccc4c5c(sc34)CCCC5)cccc12. The largest absolute Gasteiger partial charge is 0.455 e. The number of ether oxygens (including phenoxy) is 2. The lowest BCUT2D eigenvalue weighted by Crippen LogP contribution is -2.36. The van der Waals surface area contributed by atoms with E-state index in [1.807, 2.05) is 90.2 Å². The summed E-state index contributed by atoms with van der Waals surface area (Å²) in [5.41, 5.74) is 11.2. The summed E-state index contributed by atoms with van der Waals surface area (Å²) in [5, 5.41) is 7.87. The molecular weight excluding hydrogens is 1160 g/mol. The van der Waals surface area contributed by atoms with Crippen LogP contribution in [0.3, 0.4) is 0 Å². The lowest BCUT2D eigenvalue weighted by molar-refractivity contribution is 0.120. The predicted molar refractivity (Wildman–Crippen MR) is 368 cm³/mol. The number of hydrogen-bond acceptors (Lipinski definition) is 14. The molecule has 6 aromatic heterocycles. The van der Waals surface area contributed by atoms with E-state index in [0.29, 0.717) is 77.0 Å². The van der Waals surface area contributed by atoms with Crippen LogP contribution in [0.5, 0.6) is 0 Å². The molecule has 448 valence electrons. The summed E-state index contributed by atoms with van der Waals surface area (Å²) in [6.45, 7) is 7.38. The molecule has 14 aromatic rings. The van der Waals surface area contributed by atoms with Gasteiger partial charge in [-0.05, 0) is 86.2 Å². The van der Waals surface area contributed by atoms with Gasteiger partial charge < -0.3 is 41.8 Å². The third kappa shape index (κ3) is 10.2. The molecule has 3 aliphatic heterocycles. The standard InChI is InChI=1S/C26H21NO3.C25H23NO3S.C25H19NO3S/c28-22-16-24(27-14-4-1-5-15-27)30-26-20(11-7-12-21(22)26)19-10-6-9-18-17-8-2-3-13-23(17)29-25(18)19;2*27-21-15-23(26-11-13-28-14-12-26)29-24-17(6-3-9-20(21)24)19-8-4-7-18-16-5-1-2-10-22(16)30-25(18)19/h2-3,6-13,16H,1,4-5,14-15H2;3-4,6-9,15H,1-2,5,10-14H2;1-10,15H,11-14H2. The fraction of sp³-hybridized carbons (Fsp3) is 0.224. The molecule has 0 atom stereocenters. The second-order valence-electron chi connectivity index (χ2n) is 23.6. The lowest BCUT2D eigenvalue weighted by Gasteiger charge is -2.27. The number of nitrogens with zero attached hydrogens (tertiary/aromatic N) is 3. The zero-order chi connectivity index (χ0) is 60.2. The van der Waals surface area contributed by atoms with E-state index >= 15 is 0 Å².